The van der Waals surface area contributed by atoms with E-state index < -0.39 is 43.8 Å². The van der Waals surface area contributed by atoms with Crippen LogP contribution < -0.4 is 5.32 Å². The zero-order valence-corrected chi connectivity index (χ0v) is 23.1. The number of benzene rings is 1. The summed E-state index contributed by atoms with van der Waals surface area (Å²) < 4.78 is 2.71. The molecule has 0 spiro atoms. The summed E-state index contributed by atoms with van der Waals surface area (Å²) in [6.45, 7) is 1.77. The van der Waals surface area contributed by atoms with Gasteiger partial charge in [-0.2, -0.15) is 0 Å². The predicted octanol–water partition coefficient (Wildman–Crippen LogP) is 6.61. The number of ether oxygens (including phenoxy) is 1. The maximum Gasteiger partial charge on any atom is 0.341 e. The van der Waals surface area contributed by atoms with Crippen LogP contribution in [0.4, 0.5) is 5.00 Å². The van der Waals surface area contributed by atoms with E-state index in [2.05, 4.69) is 5.32 Å². The van der Waals surface area contributed by atoms with Crippen LogP contribution in [0.2, 0.25) is 0 Å². The van der Waals surface area contributed by atoms with E-state index in [-0.39, 0.29) is 20.6 Å². The second-order valence-corrected chi connectivity index (χ2v) is 12.5. The standard InChI is InChI=1S/C22H15Cl6NO5S/c1-8-10(9-6-4-3-5-7-9)11(19(33)34-2)17(35-8)29-16(30)12-13(18(31)32)21(26)15(24)14(23)20(12,25)22(21,27)28/h3-7,12-13H,1-2H3,(H,29,30)(H,31,32). The second kappa shape index (κ2) is 8.98. The number of carbonyl (C=O) groups is 3. The van der Waals surface area contributed by atoms with Crippen LogP contribution in [0.25, 0.3) is 11.1 Å². The molecule has 6 nitrogen and oxygen atoms in total. The van der Waals surface area contributed by atoms with Crippen molar-refractivity contribution < 1.29 is 24.2 Å². The third-order valence-electron chi connectivity index (χ3n) is 6.26. The first-order valence-electron chi connectivity index (χ1n) is 9.89. The average molecular weight is 618 g/mol. The molecule has 1 saturated carbocycles. The van der Waals surface area contributed by atoms with Crippen molar-refractivity contribution in [1.29, 1.82) is 0 Å². The Hall–Kier alpha value is -1.19. The highest BCUT2D eigenvalue weighted by molar-refractivity contribution is 7.17. The van der Waals surface area contributed by atoms with Crippen LogP contribution in [-0.4, -0.2) is 44.1 Å². The summed E-state index contributed by atoms with van der Waals surface area (Å²) in [6, 6.07) is 9.02. The Morgan fingerprint density at radius 1 is 1.00 bits per heavy atom. The number of methoxy groups -OCH3 is 1. The Morgan fingerprint density at radius 3 is 2.06 bits per heavy atom. The molecule has 1 heterocycles. The fraction of sp³-hybridized carbons (Fsp3) is 0.318. The Balaban J connectivity index is 1.84. The van der Waals surface area contributed by atoms with E-state index in [1.165, 1.54) is 7.11 Å². The van der Waals surface area contributed by atoms with Crippen LogP contribution in [0.1, 0.15) is 15.2 Å². The molecule has 1 aromatic heterocycles. The van der Waals surface area contributed by atoms with Crippen molar-refractivity contribution in [2.45, 2.75) is 21.0 Å². The van der Waals surface area contributed by atoms with Gasteiger partial charge in [0.2, 0.25) is 5.91 Å². The number of esters is 1. The van der Waals surface area contributed by atoms with Crippen LogP contribution in [-0.2, 0) is 14.3 Å². The molecular formula is C22H15Cl6NO5S. The van der Waals surface area contributed by atoms with Gasteiger partial charge in [-0.3, -0.25) is 9.59 Å². The number of hydrogen-bond donors (Lipinski definition) is 2. The van der Waals surface area contributed by atoms with Gasteiger partial charge in [-0.15, -0.1) is 34.5 Å². The summed E-state index contributed by atoms with van der Waals surface area (Å²) in [5, 5.41) is 12.1. The zero-order chi connectivity index (χ0) is 26.1. The first-order valence-corrected chi connectivity index (χ1v) is 13.0. The van der Waals surface area contributed by atoms with E-state index in [9.17, 15) is 19.5 Å². The number of halogens is 6. The lowest BCUT2D eigenvalue weighted by Crippen LogP contribution is -2.47. The largest absolute Gasteiger partial charge is 0.481 e. The molecule has 4 unspecified atom stereocenters. The minimum Gasteiger partial charge on any atom is -0.481 e. The SMILES string of the molecule is COC(=O)c1c(NC(=O)C2C(C(=O)O)C3(Cl)C(Cl)=C(Cl)C2(Cl)C3(Cl)Cl)sc(C)c1-c1ccccc1. The highest BCUT2D eigenvalue weighted by Crippen LogP contribution is 2.76. The molecule has 0 radical (unpaired) electrons. The van der Waals surface area contributed by atoms with Crippen molar-refractivity contribution in [3.63, 3.8) is 0 Å². The number of thiophene rings is 1. The van der Waals surface area contributed by atoms with Crippen molar-refractivity contribution in [3.05, 3.63) is 50.8 Å². The number of nitrogens with one attached hydrogen (secondary N) is 1. The molecule has 0 saturated heterocycles. The van der Waals surface area contributed by atoms with Crippen LogP contribution in [0, 0.1) is 18.8 Å². The van der Waals surface area contributed by atoms with Gasteiger partial charge in [0.05, 0.1) is 29.0 Å². The fourth-order valence-corrected chi connectivity index (χ4v) is 8.70. The number of aryl methyl sites for hydroxylation is 1. The number of anilines is 1. The lowest BCUT2D eigenvalue weighted by molar-refractivity contribution is -0.146. The quantitative estimate of drug-likeness (QED) is 0.291. The van der Waals surface area contributed by atoms with E-state index in [0.717, 1.165) is 16.9 Å². The molecule has 2 aliphatic carbocycles. The van der Waals surface area contributed by atoms with Crippen molar-refractivity contribution in [1.82, 2.24) is 0 Å². The lowest BCUT2D eigenvalue weighted by Gasteiger charge is -2.33. The van der Waals surface area contributed by atoms with Crippen molar-refractivity contribution >= 4 is 104 Å². The topological polar surface area (TPSA) is 92.7 Å². The minimum absolute atomic E-state index is 0.0940. The Bertz CT molecular complexity index is 1290. The number of carboxylic acids is 1. The molecule has 4 rings (SSSR count). The number of amides is 1. The van der Waals surface area contributed by atoms with Crippen molar-refractivity contribution in [2.24, 2.45) is 11.8 Å². The average Bonchev–Trinajstić information content (AvgIpc) is 3.24. The van der Waals surface area contributed by atoms with Gasteiger partial charge < -0.3 is 15.2 Å². The number of rotatable bonds is 5. The molecule has 2 N–H and O–H groups in total. The first kappa shape index (κ1) is 26.9. The molecule has 2 aliphatic rings. The highest BCUT2D eigenvalue weighted by atomic mass is 35.5. The van der Waals surface area contributed by atoms with Gasteiger partial charge >= 0.3 is 11.9 Å². The highest BCUT2D eigenvalue weighted by Gasteiger charge is 2.85. The molecule has 1 fully saturated rings. The third kappa shape index (κ3) is 3.46. The predicted molar refractivity (Wildman–Crippen MR) is 139 cm³/mol. The molecule has 2 aromatic rings. The van der Waals surface area contributed by atoms with Gasteiger partial charge in [0.1, 0.15) is 20.3 Å². The lowest BCUT2D eigenvalue weighted by atomic mass is 9.81. The van der Waals surface area contributed by atoms with Gasteiger partial charge in [0.15, 0.2) is 4.33 Å². The maximum atomic E-state index is 13.6. The summed E-state index contributed by atoms with van der Waals surface area (Å²) in [7, 11) is 1.21. The third-order valence-corrected chi connectivity index (χ3v) is 11.5. The van der Waals surface area contributed by atoms with Gasteiger partial charge in [0.25, 0.3) is 0 Å². The number of fused-ring (bicyclic) bond motifs is 2. The molecule has 2 bridgehead atoms. The van der Waals surface area contributed by atoms with Crippen LogP contribution >= 0.6 is 80.9 Å². The number of aliphatic carboxylic acids is 1. The fourth-order valence-electron chi connectivity index (χ4n) is 4.70. The Labute approximate surface area is 234 Å². The summed E-state index contributed by atoms with van der Waals surface area (Å²) in [5.74, 6) is -6.49. The second-order valence-electron chi connectivity index (χ2n) is 8.00. The van der Waals surface area contributed by atoms with Crippen LogP contribution in [0.15, 0.2) is 40.4 Å². The number of carboxylic acid groups (broad SMARTS) is 1. The molecule has 186 valence electrons. The van der Waals surface area contributed by atoms with E-state index in [0.29, 0.717) is 10.4 Å². The van der Waals surface area contributed by atoms with E-state index in [1.807, 2.05) is 6.07 Å². The number of carbonyl (C=O) groups excluding carboxylic acids is 2. The molecule has 35 heavy (non-hydrogen) atoms. The summed E-state index contributed by atoms with van der Waals surface area (Å²) in [5.41, 5.74) is 1.37. The van der Waals surface area contributed by atoms with Crippen molar-refractivity contribution in [2.75, 3.05) is 12.4 Å². The number of hydrogen-bond acceptors (Lipinski definition) is 5. The Kier molecular flexibility index (Phi) is 6.89. The Morgan fingerprint density at radius 2 is 1.54 bits per heavy atom. The van der Waals surface area contributed by atoms with Gasteiger partial charge in [-0.1, -0.05) is 76.7 Å². The molecule has 1 aromatic carbocycles. The number of alkyl halides is 4. The molecule has 13 heteroatoms. The number of allylic oxidation sites excluding steroid dienone is 2. The molecular weight excluding hydrogens is 603 g/mol. The molecule has 4 atom stereocenters. The minimum atomic E-state index is -2.24. The van der Waals surface area contributed by atoms with Crippen molar-refractivity contribution in [3.8, 4) is 11.1 Å². The first-order chi connectivity index (χ1) is 16.3. The van der Waals surface area contributed by atoms with Gasteiger partial charge in [-0.05, 0) is 12.5 Å². The maximum absolute atomic E-state index is 13.6. The van der Waals surface area contributed by atoms with E-state index in [4.69, 9.17) is 74.3 Å². The summed E-state index contributed by atoms with van der Waals surface area (Å²) in [6.07, 6.45) is 0. The molecule has 0 aliphatic heterocycles. The smallest absolute Gasteiger partial charge is 0.341 e. The summed E-state index contributed by atoms with van der Waals surface area (Å²) in [4.78, 5) is 35.0. The normalized spacial score (nSPS) is 28.8. The van der Waals surface area contributed by atoms with Gasteiger partial charge in [0, 0.05) is 10.4 Å². The van der Waals surface area contributed by atoms with Crippen LogP contribution in [0.3, 0.4) is 0 Å². The van der Waals surface area contributed by atoms with Gasteiger partial charge in [-0.25, -0.2) is 4.79 Å². The summed E-state index contributed by atoms with van der Waals surface area (Å²) >= 11 is 39.9. The van der Waals surface area contributed by atoms with E-state index in [1.54, 1.807) is 31.2 Å². The van der Waals surface area contributed by atoms with Crippen LogP contribution in [0.5, 0.6) is 0 Å². The van der Waals surface area contributed by atoms with E-state index >= 15 is 0 Å². The zero-order valence-electron chi connectivity index (χ0n) is 17.8. The molecule has 1 amide bonds. The monoisotopic (exact) mass is 615 g/mol.